The second kappa shape index (κ2) is 9.80. The predicted octanol–water partition coefficient (Wildman–Crippen LogP) is 5.41. The molecule has 7 heteroatoms. The highest BCUT2D eigenvalue weighted by molar-refractivity contribution is 6.76. The first-order chi connectivity index (χ1) is 17.3. The molecule has 36 heavy (non-hydrogen) atoms. The number of hydrogen-bond acceptors (Lipinski definition) is 5. The molecule has 0 bridgehead atoms. The SMILES string of the molecule is COc1cnc2c(ccn2COCC[Si](C)(C)C)c1-c1ccnc(C2(CN)Cc3ccccc3C2)c1. The standard InChI is InChI=1S/C29H36N4O2Si/c1-34-25-18-32-28-24(10-12-33(28)20-35-13-14-36(2,3)4)27(25)21-9-11-31-26(15-21)29(19-30)16-22-7-5-6-8-23(22)17-29/h5-12,15,18H,13-14,16-17,19-20,30H2,1-4H3. The fraction of sp³-hybridized carbons (Fsp3) is 0.379. The second-order valence-electron chi connectivity index (χ2n) is 11.1. The molecule has 1 aromatic carbocycles. The summed E-state index contributed by atoms with van der Waals surface area (Å²) >= 11 is 0. The number of methoxy groups -OCH3 is 1. The highest BCUT2D eigenvalue weighted by Crippen LogP contribution is 2.41. The van der Waals surface area contributed by atoms with Gasteiger partial charge < -0.3 is 19.8 Å². The normalized spacial score (nSPS) is 14.8. The summed E-state index contributed by atoms with van der Waals surface area (Å²) in [6.45, 7) is 8.90. The number of nitrogens with zero attached hydrogens (tertiary/aromatic N) is 3. The Bertz CT molecular complexity index is 1350. The van der Waals surface area contributed by atoms with Crippen LogP contribution in [-0.2, 0) is 29.7 Å². The Labute approximate surface area is 214 Å². The van der Waals surface area contributed by atoms with Gasteiger partial charge in [-0.05, 0) is 53.8 Å². The van der Waals surface area contributed by atoms with Crippen LogP contribution in [0.3, 0.4) is 0 Å². The first-order valence-electron chi connectivity index (χ1n) is 12.7. The van der Waals surface area contributed by atoms with Gasteiger partial charge in [-0.3, -0.25) is 4.98 Å². The van der Waals surface area contributed by atoms with Gasteiger partial charge in [-0.25, -0.2) is 4.98 Å². The van der Waals surface area contributed by atoms with Crippen molar-refractivity contribution >= 4 is 19.1 Å². The Hall–Kier alpha value is -3.00. The summed E-state index contributed by atoms with van der Waals surface area (Å²) in [7, 11) is 0.568. The van der Waals surface area contributed by atoms with Crippen molar-refractivity contribution < 1.29 is 9.47 Å². The molecule has 188 valence electrons. The van der Waals surface area contributed by atoms with Crippen LogP contribution in [0.5, 0.6) is 5.75 Å². The number of pyridine rings is 2. The van der Waals surface area contributed by atoms with Crippen molar-refractivity contribution in [2.75, 3.05) is 20.3 Å². The molecule has 4 aromatic rings. The summed E-state index contributed by atoms with van der Waals surface area (Å²) in [6.07, 6.45) is 7.56. The van der Waals surface area contributed by atoms with E-state index in [0.717, 1.165) is 59.1 Å². The van der Waals surface area contributed by atoms with Crippen molar-refractivity contribution in [2.24, 2.45) is 5.73 Å². The first-order valence-corrected chi connectivity index (χ1v) is 16.4. The van der Waals surface area contributed by atoms with E-state index in [4.69, 9.17) is 25.2 Å². The topological polar surface area (TPSA) is 75.2 Å². The van der Waals surface area contributed by atoms with Gasteiger partial charge in [0.1, 0.15) is 18.1 Å². The van der Waals surface area contributed by atoms with Crippen molar-refractivity contribution in [3.05, 3.63) is 77.9 Å². The maximum Gasteiger partial charge on any atom is 0.145 e. The van der Waals surface area contributed by atoms with E-state index in [2.05, 4.69) is 66.7 Å². The van der Waals surface area contributed by atoms with E-state index in [1.54, 1.807) is 13.3 Å². The van der Waals surface area contributed by atoms with E-state index in [1.807, 2.05) is 12.4 Å². The fourth-order valence-corrected chi connectivity index (χ4v) is 5.98. The average molecular weight is 501 g/mol. The monoisotopic (exact) mass is 500 g/mol. The molecule has 0 atom stereocenters. The zero-order valence-corrected chi connectivity index (χ0v) is 22.8. The van der Waals surface area contributed by atoms with Crippen LogP contribution in [0.1, 0.15) is 16.8 Å². The highest BCUT2D eigenvalue weighted by Gasteiger charge is 2.39. The Morgan fingerprint density at radius 1 is 1.06 bits per heavy atom. The zero-order valence-electron chi connectivity index (χ0n) is 21.8. The van der Waals surface area contributed by atoms with Gasteiger partial charge in [0.25, 0.3) is 0 Å². The Morgan fingerprint density at radius 3 is 2.47 bits per heavy atom. The van der Waals surface area contributed by atoms with Crippen LogP contribution in [0.4, 0.5) is 0 Å². The lowest BCUT2D eigenvalue weighted by molar-refractivity contribution is 0.0899. The van der Waals surface area contributed by atoms with Gasteiger partial charge >= 0.3 is 0 Å². The van der Waals surface area contributed by atoms with Gasteiger partial charge in [-0.1, -0.05) is 43.9 Å². The summed E-state index contributed by atoms with van der Waals surface area (Å²) in [5.41, 5.74) is 12.9. The molecule has 1 aliphatic carbocycles. The van der Waals surface area contributed by atoms with Gasteiger partial charge in [0.05, 0.1) is 13.3 Å². The van der Waals surface area contributed by atoms with Crippen LogP contribution in [0.2, 0.25) is 25.7 Å². The van der Waals surface area contributed by atoms with Crippen molar-refractivity contribution in [3.8, 4) is 16.9 Å². The van der Waals surface area contributed by atoms with Crippen LogP contribution in [0, 0.1) is 0 Å². The fourth-order valence-electron chi connectivity index (χ4n) is 5.22. The lowest BCUT2D eigenvalue weighted by Gasteiger charge is -2.27. The van der Waals surface area contributed by atoms with Crippen LogP contribution in [0.25, 0.3) is 22.2 Å². The molecule has 0 amide bonds. The van der Waals surface area contributed by atoms with E-state index in [0.29, 0.717) is 13.3 Å². The summed E-state index contributed by atoms with van der Waals surface area (Å²) in [5.74, 6) is 0.744. The lowest BCUT2D eigenvalue weighted by Crippen LogP contribution is -2.36. The van der Waals surface area contributed by atoms with Crippen molar-refractivity contribution in [1.82, 2.24) is 14.5 Å². The maximum atomic E-state index is 6.41. The molecular formula is C29H36N4O2Si. The van der Waals surface area contributed by atoms with Crippen LogP contribution < -0.4 is 10.5 Å². The highest BCUT2D eigenvalue weighted by atomic mass is 28.3. The van der Waals surface area contributed by atoms with E-state index in [-0.39, 0.29) is 5.41 Å². The van der Waals surface area contributed by atoms with Crippen molar-refractivity contribution in [1.29, 1.82) is 0 Å². The summed E-state index contributed by atoms with van der Waals surface area (Å²) in [4.78, 5) is 9.54. The molecule has 3 heterocycles. The number of fused-ring (bicyclic) bond motifs is 2. The van der Waals surface area contributed by atoms with Crippen molar-refractivity contribution in [3.63, 3.8) is 0 Å². The molecule has 0 radical (unpaired) electrons. The molecular weight excluding hydrogens is 464 g/mol. The van der Waals surface area contributed by atoms with Crippen LogP contribution >= 0.6 is 0 Å². The van der Waals surface area contributed by atoms with Gasteiger partial charge in [0, 0.05) is 55.7 Å². The van der Waals surface area contributed by atoms with Gasteiger partial charge in [0.2, 0.25) is 0 Å². The quantitative estimate of drug-likeness (QED) is 0.246. The minimum absolute atomic E-state index is 0.199. The summed E-state index contributed by atoms with van der Waals surface area (Å²) in [6, 6.07) is 16.1. The number of benzene rings is 1. The summed E-state index contributed by atoms with van der Waals surface area (Å²) in [5, 5.41) is 1.04. The van der Waals surface area contributed by atoms with Crippen LogP contribution in [-0.4, -0.2) is 42.9 Å². The molecule has 1 aliphatic rings. The molecule has 6 nitrogen and oxygen atoms in total. The van der Waals surface area contributed by atoms with Crippen LogP contribution in [0.15, 0.2) is 61.1 Å². The molecule has 2 N–H and O–H groups in total. The Balaban J connectivity index is 1.49. The first kappa shape index (κ1) is 24.7. The third kappa shape index (κ3) is 4.70. The Morgan fingerprint density at radius 2 is 1.81 bits per heavy atom. The molecule has 3 aromatic heterocycles. The molecule has 0 aliphatic heterocycles. The molecule has 5 rings (SSSR count). The minimum atomic E-state index is -1.13. The lowest BCUT2D eigenvalue weighted by atomic mass is 9.80. The molecule has 0 fully saturated rings. The smallest absolute Gasteiger partial charge is 0.145 e. The van der Waals surface area contributed by atoms with E-state index in [1.165, 1.54) is 11.1 Å². The number of hydrogen-bond donors (Lipinski definition) is 1. The maximum absolute atomic E-state index is 6.41. The molecule has 0 saturated heterocycles. The second-order valence-corrected chi connectivity index (χ2v) is 16.7. The van der Waals surface area contributed by atoms with Gasteiger partial charge in [-0.15, -0.1) is 0 Å². The number of ether oxygens (including phenoxy) is 2. The Kier molecular flexibility index (Phi) is 6.72. The number of aromatic nitrogens is 3. The number of rotatable bonds is 9. The minimum Gasteiger partial charge on any atom is -0.494 e. The largest absolute Gasteiger partial charge is 0.494 e. The van der Waals surface area contributed by atoms with Gasteiger partial charge in [0.15, 0.2) is 0 Å². The summed E-state index contributed by atoms with van der Waals surface area (Å²) < 4.78 is 13.9. The van der Waals surface area contributed by atoms with E-state index >= 15 is 0 Å². The molecule has 0 saturated carbocycles. The van der Waals surface area contributed by atoms with Gasteiger partial charge in [-0.2, -0.15) is 0 Å². The third-order valence-corrected chi connectivity index (χ3v) is 9.06. The van der Waals surface area contributed by atoms with E-state index in [9.17, 15) is 0 Å². The molecule has 0 unspecified atom stereocenters. The average Bonchev–Trinajstić information content (AvgIpc) is 3.47. The number of nitrogens with two attached hydrogens (primary N) is 1. The third-order valence-electron chi connectivity index (χ3n) is 7.36. The molecule has 0 spiro atoms. The zero-order chi connectivity index (χ0) is 25.3. The predicted molar refractivity (Wildman–Crippen MR) is 148 cm³/mol. The van der Waals surface area contributed by atoms with E-state index < -0.39 is 8.07 Å². The van der Waals surface area contributed by atoms with Crippen molar-refractivity contribution in [2.45, 2.75) is 50.7 Å².